The van der Waals surface area contributed by atoms with Crippen molar-refractivity contribution in [2.24, 2.45) is 0 Å². The van der Waals surface area contributed by atoms with Crippen LogP contribution in [0.15, 0.2) is 0 Å². The van der Waals surface area contributed by atoms with E-state index in [9.17, 15) is 0 Å². The van der Waals surface area contributed by atoms with Crippen molar-refractivity contribution in [3.05, 3.63) is 0 Å². The molecule has 1 fully saturated rings. The second-order valence-corrected chi connectivity index (χ2v) is 2.12. The van der Waals surface area contributed by atoms with E-state index >= 15 is 0 Å². The Labute approximate surface area is 83.5 Å². The van der Waals surface area contributed by atoms with Gasteiger partial charge in [-0.15, -0.1) is 0 Å². The zero-order valence-corrected chi connectivity index (χ0v) is 12.2. The Hall–Kier alpha value is 1.12. The molecule has 2 unspecified atom stereocenters. The molecule has 1 aliphatic carbocycles. The van der Waals surface area contributed by atoms with E-state index < -0.39 is 0 Å². The van der Waals surface area contributed by atoms with E-state index in [1.807, 2.05) is 0 Å². The van der Waals surface area contributed by atoms with Crippen LogP contribution >= 0.6 is 0 Å². The number of hydrogen-bond acceptors (Lipinski definition) is 0. The van der Waals surface area contributed by atoms with Crippen molar-refractivity contribution in [1.82, 2.24) is 0 Å². The molecule has 10 heavy (non-hydrogen) atoms. The first-order valence-corrected chi connectivity index (χ1v) is 9.00. The molecule has 0 heterocycles. The molecule has 0 aromatic heterocycles. The van der Waals surface area contributed by atoms with Crippen LogP contribution in [-0.2, 0) is 0 Å². The maximum atomic E-state index is 2.06. The molecule has 0 aromatic rings. The molecule has 1 saturated carbocycles. The Morgan fingerprint density at radius 2 is 0.600 bits per heavy atom. The maximum absolute atomic E-state index is 2.06. The Balaban J connectivity index is 0. The van der Waals surface area contributed by atoms with Gasteiger partial charge in [0, 0.05) is 0 Å². The van der Waals surface area contributed by atoms with Gasteiger partial charge in [-0.05, 0) is 0 Å². The molecule has 1 aliphatic rings. The summed E-state index contributed by atoms with van der Waals surface area (Å²) in [6.07, 6.45) is 9.00. The zero-order valence-electron chi connectivity index (χ0n) is 7.40. The van der Waals surface area contributed by atoms with Gasteiger partial charge < -0.3 is 0 Å². The van der Waals surface area contributed by atoms with Gasteiger partial charge in [-0.2, -0.15) is 0 Å². The van der Waals surface area contributed by atoms with Crippen LogP contribution in [0.3, 0.4) is 0 Å². The van der Waals surface area contributed by atoms with Crippen LogP contribution < -0.4 is 0 Å². The summed E-state index contributed by atoms with van der Waals surface area (Å²) in [4.78, 5) is 0. The average Bonchev–Trinajstić information content (AvgIpc) is 2.14. The van der Waals surface area contributed by atoms with Crippen molar-refractivity contribution in [3.8, 4) is 0 Å². The fraction of sp³-hybridized carbons (Fsp3) is 1.00. The van der Waals surface area contributed by atoms with Gasteiger partial charge >= 0.3 is 45.1 Å². The van der Waals surface area contributed by atoms with E-state index in [4.69, 9.17) is 0 Å². The Bertz CT molecular complexity index is 22.7. The van der Waals surface area contributed by atoms with Gasteiger partial charge in [0.05, 0.1) is 0 Å². The molecule has 1 rings (SSSR count). The van der Waals surface area contributed by atoms with Gasteiger partial charge in [0.15, 0.2) is 0 Å². The molecule has 64 valence electrons. The molecule has 0 aliphatic heterocycles. The summed E-state index contributed by atoms with van der Waals surface area (Å²) in [5.74, 6) is 0. The molecule has 0 radical (unpaired) electrons. The molecule has 0 amide bonds. The second-order valence-electron chi connectivity index (χ2n) is 2.12. The summed E-state index contributed by atoms with van der Waals surface area (Å²) in [5.41, 5.74) is 4.12. The Morgan fingerprint density at radius 1 is 0.500 bits per heavy atom. The summed E-state index contributed by atoms with van der Waals surface area (Å²) in [7, 11) is 0. The third kappa shape index (κ3) is 11.9. The van der Waals surface area contributed by atoms with Gasteiger partial charge in [-0.3, -0.25) is 0 Å². The zero-order chi connectivity index (χ0) is 8.24. The summed E-state index contributed by atoms with van der Waals surface area (Å²) in [5, 5.41) is 0. The number of hydrogen-bond donors (Lipinski definition) is 0. The fourth-order valence-electron chi connectivity index (χ4n) is 1.06. The van der Waals surface area contributed by atoms with Crippen LogP contribution in [0.25, 0.3) is 0 Å². The normalized spacial score (nSPS) is 15.6. The molecule has 0 bridgehead atoms. The summed E-state index contributed by atoms with van der Waals surface area (Å²) >= 11 is 3.38. The fourth-order valence-corrected chi connectivity index (χ4v) is 1.06. The van der Waals surface area contributed by atoms with E-state index in [0.29, 0.717) is 0 Å². The van der Waals surface area contributed by atoms with Crippen LogP contribution in [0.5, 0.6) is 0 Å². The summed E-state index contributed by atoms with van der Waals surface area (Å²) in [6.45, 7) is 0. The third-order valence-corrected chi connectivity index (χ3v) is 1.50. The third-order valence-electron chi connectivity index (χ3n) is 1.50. The molecule has 0 spiro atoms. The predicted octanol–water partition coefficient (Wildman–Crippen LogP) is 1.68. The van der Waals surface area contributed by atoms with Crippen molar-refractivity contribution in [3.63, 3.8) is 0 Å². The quantitative estimate of drug-likeness (QED) is 0.586. The Kier molecular flexibility index (Phi) is 22.7. The standard InChI is InChI=1S/C6H12.2CH5As/c1-2-4-6-5-3-1;2*1-2/h1-6H2;2*2H2,1H3. The van der Waals surface area contributed by atoms with E-state index in [0.717, 1.165) is 0 Å². The van der Waals surface area contributed by atoms with E-state index in [-0.39, 0.29) is 0 Å². The van der Waals surface area contributed by atoms with Gasteiger partial charge in [-0.25, -0.2) is 0 Å². The van der Waals surface area contributed by atoms with Crippen molar-refractivity contribution >= 4 is 33.7 Å². The topological polar surface area (TPSA) is 0 Å². The minimum absolute atomic E-state index is 1.50. The van der Waals surface area contributed by atoms with Crippen LogP contribution in [0, 0.1) is 0 Å². The van der Waals surface area contributed by atoms with Crippen LogP contribution in [-0.4, -0.2) is 33.7 Å². The number of rotatable bonds is 0. The summed E-state index contributed by atoms with van der Waals surface area (Å²) in [6, 6.07) is 0. The molecular weight excluding hydrogens is 246 g/mol. The first-order valence-electron chi connectivity index (χ1n) is 4.15. The molecule has 2 heteroatoms. The van der Waals surface area contributed by atoms with Gasteiger partial charge in [-0.1, -0.05) is 38.5 Å². The van der Waals surface area contributed by atoms with E-state index in [2.05, 4.69) is 11.4 Å². The predicted molar refractivity (Wildman–Crippen MR) is 56.5 cm³/mol. The molecule has 0 N–H and O–H groups in total. The van der Waals surface area contributed by atoms with Gasteiger partial charge in [0.1, 0.15) is 0 Å². The van der Waals surface area contributed by atoms with Gasteiger partial charge in [0.2, 0.25) is 0 Å². The first-order chi connectivity index (χ1) is 5.00. The van der Waals surface area contributed by atoms with Crippen molar-refractivity contribution in [2.75, 3.05) is 0 Å². The molecule has 2 atom stereocenters. The molecular formula is C8H22As2. The minimum atomic E-state index is 1.50. The van der Waals surface area contributed by atoms with E-state index in [1.165, 1.54) is 38.5 Å². The van der Waals surface area contributed by atoms with Crippen LogP contribution in [0.1, 0.15) is 38.5 Å². The van der Waals surface area contributed by atoms with Crippen LogP contribution in [0.2, 0.25) is 11.4 Å². The van der Waals surface area contributed by atoms with Crippen molar-refractivity contribution in [1.29, 1.82) is 0 Å². The van der Waals surface area contributed by atoms with Gasteiger partial charge in [0.25, 0.3) is 0 Å². The van der Waals surface area contributed by atoms with Crippen molar-refractivity contribution < 1.29 is 0 Å². The summed E-state index contributed by atoms with van der Waals surface area (Å²) < 4.78 is 0. The monoisotopic (exact) mass is 268 g/mol. The van der Waals surface area contributed by atoms with Crippen molar-refractivity contribution in [2.45, 2.75) is 49.9 Å². The molecule has 0 saturated heterocycles. The second kappa shape index (κ2) is 16.6. The molecule has 0 nitrogen and oxygen atoms in total. The van der Waals surface area contributed by atoms with E-state index in [1.54, 1.807) is 33.7 Å². The average molecular weight is 268 g/mol. The Morgan fingerprint density at radius 3 is 0.700 bits per heavy atom. The first kappa shape index (κ1) is 13.7. The molecule has 0 aromatic carbocycles. The van der Waals surface area contributed by atoms with Crippen LogP contribution in [0.4, 0.5) is 0 Å². The SMILES string of the molecule is C1CCCCC1.C[AsH2].C[AsH2].